The standard InChI is InChI=1S/C17H18N2O4/c1-12-3-6-17(13(2)9-12)23-8-7-18-11-14-10-15(19(21)22)4-5-16(14)20/h3-6,9-11,20H,7-8H2,1-2H3. The first-order valence-electron chi connectivity index (χ1n) is 7.14. The fourth-order valence-corrected chi connectivity index (χ4v) is 2.09. The molecule has 0 aliphatic rings. The molecule has 0 spiro atoms. The van der Waals surface area contributed by atoms with Gasteiger partial charge >= 0.3 is 0 Å². The van der Waals surface area contributed by atoms with Crippen LogP contribution >= 0.6 is 0 Å². The van der Waals surface area contributed by atoms with Crippen LogP contribution in [-0.4, -0.2) is 29.4 Å². The van der Waals surface area contributed by atoms with Crippen molar-refractivity contribution in [2.45, 2.75) is 13.8 Å². The normalized spacial score (nSPS) is 10.9. The SMILES string of the molecule is Cc1ccc(OCCN=Cc2cc([N+](=O)[O-])ccc2O)c(C)c1. The molecule has 0 aliphatic heterocycles. The molecule has 120 valence electrons. The molecule has 2 aromatic carbocycles. The van der Waals surface area contributed by atoms with Gasteiger partial charge in [-0.05, 0) is 31.5 Å². The molecule has 0 aliphatic carbocycles. The Labute approximate surface area is 134 Å². The highest BCUT2D eigenvalue weighted by Crippen LogP contribution is 2.21. The van der Waals surface area contributed by atoms with E-state index in [9.17, 15) is 15.2 Å². The summed E-state index contributed by atoms with van der Waals surface area (Å²) in [5, 5.41) is 20.4. The van der Waals surface area contributed by atoms with E-state index in [0.717, 1.165) is 11.3 Å². The summed E-state index contributed by atoms with van der Waals surface area (Å²) < 4.78 is 5.64. The maximum absolute atomic E-state index is 10.7. The van der Waals surface area contributed by atoms with E-state index in [1.165, 1.54) is 30.0 Å². The molecule has 0 amide bonds. The van der Waals surface area contributed by atoms with Gasteiger partial charge in [0.1, 0.15) is 18.1 Å². The van der Waals surface area contributed by atoms with Crippen molar-refractivity contribution in [3.05, 3.63) is 63.2 Å². The van der Waals surface area contributed by atoms with Crippen LogP contribution in [0.2, 0.25) is 0 Å². The van der Waals surface area contributed by atoms with Crippen molar-refractivity contribution in [1.82, 2.24) is 0 Å². The van der Waals surface area contributed by atoms with E-state index in [-0.39, 0.29) is 11.4 Å². The molecular weight excluding hydrogens is 296 g/mol. The number of aliphatic imine (C=N–C) groups is 1. The lowest BCUT2D eigenvalue weighted by Gasteiger charge is -2.08. The van der Waals surface area contributed by atoms with Gasteiger partial charge in [-0.1, -0.05) is 17.7 Å². The first-order chi connectivity index (χ1) is 11.0. The Balaban J connectivity index is 1.92. The Hall–Kier alpha value is -2.89. The predicted octanol–water partition coefficient (Wildman–Crippen LogP) is 3.42. The lowest BCUT2D eigenvalue weighted by Crippen LogP contribution is -2.02. The number of ether oxygens (including phenoxy) is 1. The van der Waals surface area contributed by atoms with Crippen LogP contribution in [0.25, 0.3) is 0 Å². The fourth-order valence-electron chi connectivity index (χ4n) is 2.09. The first-order valence-corrected chi connectivity index (χ1v) is 7.14. The second kappa shape index (κ2) is 7.40. The summed E-state index contributed by atoms with van der Waals surface area (Å²) in [4.78, 5) is 14.3. The lowest BCUT2D eigenvalue weighted by molar-refractivity contribution is -0.384. The van der Waals surface area contributed by atoms with Crippen molar-refractivity contribution in [2.24, 2.45) is 4.99 Å². The highest BCUT2D eigenvalue weighted by molar-refractivity contribution is 5.84. The molecular formula is C17H18N2O4. The predicted molar refractivity (Wildman–Crippen MR) is 88.6 cm³/mol. The number of aromatic hydroxyl groups is 1. The first kappa shape index (κ1) is 16.5. The van der Waals surface area contributed by atoms with E-state index < -0.39 is 4.92 Å². The largest absolute Gasteiger partial charge is 0.507 e. The van der Waals surface area contributed by atoms with Crippen molar-refractivity contribution in [2.75, 3.05) is 13.2 Å². The third-order valence-corrected chi connectivity index (χ3v) is 3.26. The summed E-state index contributed by atoms with van der Waals surface area (Å²) >= 11 is 0. The molecule has 2 aromatic rings. The minimum atomic E-state index is -0.514. The third kappa shape index (κ3) is 4.54. The summed E-state index contributed by atoms with van der Waals surface area (Å²) in [6.45, 7) is 4.77. The minimum Gasteiger partial charge on any atom is -0.507 e. The average Bonchev–Trinajstić information content (AvgIpc) is 2.50. The number of nitro groups is 1. The summed E-state index contributed by atoms with van der Waals surface area (Å²) in [6.07, 6.45) is 1.41. The molecule has 0 radical (unpaired) electrons. The number of nitrogens with zero attached hydrogens (tertiary/aromatic N) is 2. The monoisotopic (exact) mass is 314 g/mol. The number of nitro benzene ring substituents is 1. The van der Waals surface area contributed by atoms with Crippen LogP contribution in [0.4, 0.5) is 5.69 Å². The maximum Gasteiger partial charge on any atom is 0.270 e. The summed E-state index contributed by atoms with van der Waals surface area (Å²) in [5.41, 5.74) is 2.46. The van der Waals surface area contributed by atoms with Crippen LogP contribution in [0.15, 0.2) is 41.4 Å². The number of rotatable bonds is 6. The van der Waals surface area contributed by atoms with Crippen LogP contribution in [0.5, 0.6) is 11.5 Å². The molecule has 0 unspecified atom stereocenters. The highest BCUT2D eigenvalue weighted by Gasteiger charge is 2.08. The van der Waals surface area contributed by atoms with Gasteiger partial charge in [0.25, 0.3) is 5.69 Å². The van der Waals surface area contributed by atoms with Crippen LogP contribution in [0.1, 0.15) is 16.7 Å². The molecule has 23 heavy (non-hydrogen) atoms. The summed E-state index contributed by atoms with van der Waals surface area (Å²) in [6, 6.07) is 9.75. The Kier molecular flexibility index (Phi) is 5.30. The van der Waals surface area contributed by atoms with E-state index in [2.05, 4.69) is 4.99 Å². The minimum absolute atomic E-state index is 0.0466. The topological polar surface area (TPSA) is 85.0 Å². The van der Waals surface area contributed by atoms with E-state index in [4.69, 9.17) is 4.74 Å². The maximum atomic E-state index is 10.7. The highest BCUT2D eigenvalue weighted by atomic mass is 16.6. The second-order valence-electron chi connectivity index (χ2n) is 5.15. The molecule has 0 bridgehead atoms. The molecule has 6 heteroatoms. The number of hydrogen-bond acceptors (Lipinski definition) is 5. The molecule has 1 N–H and O–H groups in total. The fraction of sp³-hybridized carbons (Fsp3) is 0.235. The van der Waals surface area contributed by atoms with E-state index in [1.807, 2.05) is 32.0 Å². The number of phenols is 1. The number of benzene rings is 2. The van der Waals surface area contributed by atoms with E-state index in [1.54, 1.807) is 0 Å². The van der Waals surface area contributed by atoms with E-state index >= 15 is 0 Å². The quantitative estimate of drug-likeness (QED) is 0.383. The van der Waals surface area contributed by atoms with Gasteiger partial charge in [0.2, 0.25) is 0 Å². The zero-order chi connectivity index (χ0) is 16.8. The molecule has 0 fully saturated rings. The van der Waals surface area contributed by atoms with Gasteiger partial charge < -0.3 is 9.84 Å². The van der Waals surface area contributed by atoms with Gasteiger partial charge in [-0.3, -0.25) is 15.1 Å². The Bertz CT molecular complexity index is 741. The van der Waals surface area contributed by atoms with Gasteiger partial charge in [-0.15, -0.1) is 0 Å². The van der Waals surface area contributed by atoms with Crippen molar-refractivity contribution < 1.29 is 14.8 Å². The third-order valence-electron chi connectivity index (χ3n) is 3.26. The molecule has 0 saturated heterocycles. The van der Waals surface area contributed by atoms with Gasteiger partial charge in [-0.2, -0.15) is 0 Å². The van der Waals surface area contributed by atoms with Crippen LogP contribution in [-0.2, 0) is 0 Å². The lowest BCUT2D eigenvalue weighted by atomic mass is 10.1. The summed E-state index contributed by atoms with van der Waals surface area (Å²) in [7, 11) is 0. The van der Waals surface area contributed by atoms with E-state index in [0.29, 0.717) is 18.7 Å². The van der Waals surface area contributed by atoms with Crippen molar-refractivity contribution in [3.8, 4) is 11.5 Å². The number of phenolic OH excluding ortho intramolecular Hbond substituents is 1. The Morgan fingerprint density at radius 3 is 2.74 bits per heavy atom. The Morgan fingerprint density at radius 2 is 2.04 bits per heavy atom. The molecule has 2 rings (SSSR count). The molecule has 0 heterocycles. The number of aryl methyl sites for hydroxylation is 2. The average molecular weight is 314 g/mol. The second-order valence-corrected chi connectivity index (χ2v) is 5.15. The number of non-ortho nitro benzene ring substituents is 1. The van der Waals surface area contributed by atoms with Crippen molar-refractivity contribution in [3.63, 3.8) is 0 Å². The number of hydrogen-bond donors (Lipinski definition) is 1. The molecule has 0 atom stereocenters. The van der Waals surface area contributed by atoms with Gasteiger partial charge in [0, 0.05) is 23.9 Å². The molecule has 0 aromatic heterocycles. The van der Waals surface area contributed by atoms with Gasteiger partial charge in [0.15, 0.2) is 0 Å². The van der Waals surface area contributed by atoms with Gasteiger partial charge in [0.05, 0.1) is 11.5 Å². The van der Waals surface area contributed by atoms with Crippen molar-refractivity contribution in [1.29, 1.82) is 0 Å². The molecule has 0 saturated carbocycles. The van der Waals surface area contributed by atoms with Crippen LogP contribution < -0.4 is 4.74 Å². The zero-order valence-corrected chi connectivity index (χ0v) is 13.0. The zero-order valence-electron chi connectivity index (χ0n) is 13.0. The smallest absolute Gasteiger partial charge is 0.270 e. The van der Waals surface area contributed by atoms with Gasteiger partial charge in [-0.25, -0.2) is 0 Å². The molecule has 6 nitrogen and oxygen atoms in total. The van der Waals surface area contributed by atoms with Crippen molar-refractivity contribution >= 4 is 11.9 Å². The summed E-state index contributed by atoms with van der Waals surface area (Å²) in [5.74, 6) is 0.763. The Morgan fingerprint density at radius 1 is 1.26 bits per heavy atom. The van der Waals surface area contributed by atoms with Crippen LogP contribution in [0.3, 0.4) is 0 Å². The van der Waals surface area contributed by atoms with Crippen LogP contribution in [0, 0.1) is 24.0 Å².